The molecule has 28 heavy (non-hydrogen) atoms. The molecule has 4 rings (SSSR count). The number of hydrogen-bond donors (Lipinski definition) is 0. The van der Waals surface area contributed by atoms with E-state index in [1.165, 1.54) is 0 Å². The van der Waals surface area contributed by atoms with Gasteiger partial charge < -0.3 is 9.32 Å². The standard InChI is InChI=1S/C22H26N4O2/c1-17-14-18(2)26(23-17)15-19-5-7-20(8-6-19)22(27)25-11-9-24(10-12-25)16-21-4-3-13-28-21/h3-8,13-14H,9-12,15-16H2,1-2H3. The molecule has 0 unspecified atom stereocenters. The van der Waals surface area contributed by atoms with Gasteiger partial charge in [0, 0.05) is 37.4 Å². The molecule has 3 aromatic rings. The minimum atomic E-state index is 0.107. The van der Waals surface area contributed by atoms with Crippen LogP contribution in [-0.4, -0.2) is 51.7 Å². The summed E-state index contributed by atoms with van der Waals surface area (Å²) >= 11 is 0. The molecule has 0 N–H and O–H groups in total. The van der Waals surface area contributed by atoms with Crippen LogP contribution in [0.15, 0.2) is 53.1 Å². The van der Waals surface area contributed by atoms with Crippen LogP contribution < -0.4 is 0 Å². The fourth-order valence-corrected chi connectivity index (χ4v) is 3.68. The highest BCUT2D eigenvalue weighted by molar-refractivity contribution is 5.94. The lowest BCUT2D eigenvalue weighted by molar-refractivity contribution is 0.0620. The minimum absolute atomic E-state index is 0.107. The predicted molar refractivity (Wildman–Crippen MR) is 107 cm³/mol. The molecule has 1 amide bonds. The molecule has 1 aromatic carbocycles. The van der Waals surface area contributed by atoms with Gasteiger partial charge >= 0.3 is 0 Å². The van der Waals surface area contributed by atoms with Crippen LogP contribution in [-0.2, 0) is 13.1 Å². The zero-order valence-electron chi connectivity index (χ0n) is 16.5. The molecule has 1 aliphatic rings. The summed E-state index contributed by atoms with van der Waals surface area (Å²) in [5.74, 6) is 1.08. The van der Waals surface area contributed by atoms with E-state index >= 15 is 0 Å². The molecule has 2 aromatic heterocycles. The molecular formula is C22H26N4O2. The van der Waals surface area contributed by atoms with Crippen LogP contribution in [0.1, 0.15) is 33.1 Å². The van der Waals surface area contributed by atoms with Crippen LogP contribution >= 0.6 is 0 Å². The molecule has 0 saturated carbocycles. The topological polar surface area (TPSA) is 54.5 Å². The Morgan fingerprint density at radius 3 is 2.39 bits per heavy atom. The van der Waals surface area contributed by atoms with E-state index in [0.717, 1.165) is 67.5 Å². The number of amides is 1. The average molecular weight is 378 g/mol. The van der Waals surface area contributed by atoms with Crippen molar-refractivity contribution >= 4 is 5.91 Å². The Hall–Kier alpha value is -2.86. The van der Waals surface area contributed by atoms with Crippen molar-refractivity contribution in [2.45, 2.75) is 26.9 Å². The monoisotopic (exact) mass is 378 g/mol. The molecule has 0 bridgehead atoms. The first-order valence-corrected chi connectivity index (χ1v) is 9.72. The zero-order valence-corrected chi connectivity index (χ0v) is 16.5. The molecule has 0 spiro atoms. The third-order valence-corrected chi connectivity index (χ3v) is 5.26. The molecule has 6 heteroatoms. The smallest absolute Gasteiger partial charge is 0.253 e. The third kappa shape index (κ3) is 4.17. The third-order valence-electron chi connectivity index (χ3n) is 5.26. The maximum atomic E-state index is 12.8. The number of aromatic nitrogens is 2. The molecule has 1 fully saturated rings. The van der Waals surface area contributed by atoms with E-state index in [4.69, 9.17) is 4.42 Å². The highest BCUT2D eigenvalue weighted by Crippen LogP contribution is 2.14. The van der Waals surface area contributed by atoms with Crippen molar-refractivity contribution in [2.75, 3.05) is 26.2 Å². The Morgan fingerprint density at radius 2 is 1.79 bits per heavy atom. The number of furan rings is 1. The van der Waals surface area contributed by atoms with Crippen molar-refractivity contribution < 1.29 is 9.21 Å². The number of piperazine rings is 1. The summed E-state index contributed by atoms with van der Waals surface area (Å²) in [4.78, 5) is 17.1. The number of aryl methyl sites for hydroxylation is 2. The first-order chi connectivity index (χ1) is 13.6. The van der Waals surface area contributed by atoms with Crippen molar-refractivity contribution in [1.82, 2.24) is 19.6 Å². The SMILES string of the molecule is Cc1cc(C)n(Cc2ccc(C(=O)N3CCN(Cc4ccco4)CC3)cc2)n1. The van der Waals surface area contributed by atoms with E-state index < -0.39 is 0 Å². The molecule has 1 saturated heterocycles. The first-order valence-electron chi connectivity index (χ1n) is 9.72. The quantitative estimate of drug-likeness (QED) is 0.685. The van der Waals surface area contributed by atoms with Gasteiger partial charge in [0.1, 0.15) is 5.76 Å². The zero-order chi connectivity index (χ0) is 19.5. The number of nitrogens with zero attached hydrogens (tertiary/aromatic N) is 4. The number of rotatable bonds is 5. The first kappa shape index (κ1) is 18.5. The Morgan fingerprint density at radius 1 is 1.04 bits per heavy atom. The predicted octanol–water partition coefficient (Wildman–Crippen LogP) is 3.10. The van der Waals surface area contributed by atoms with E-state index in [2.05, 4.69) is 23.0 Å². The van der Waals surface area contributed by atoms with Gasteiger partial charge in [0.15, 0.2) is 0 Å². The molecule has 6 nitrogen and oxygen atoms in total. The summed E-state index contributed by atoms with van der Waals surface area (Å²) in [6.07, 6.45) is 1.70. The van der Waals surface area contributed by atoms with Gasteiger partial charge in [0.2, 0.25) is 0 Å². The van der Waals surface area contributed by atoms with Crippen molar-refractivity contribution in [3.8, 4) is 0 Å². The number of carbonyl (C=O) groups excluding carboxylic acids is 1. The van der Waals surface area contributed by atoms with Crippen LogP contribution in [0.5, 0.6) is 0 Å². The summed E-state index contributed by atoms with van der Waals surface area (Å²) in [6, 6.07) is 13.9. The summed E-state index contributed by atoms with van der Waals surface area (Å²) in [7, 11) is 0. The van der Waals surface area contributed by atoms with Crippen LogP contribution in [0.4, 0.5) is 0 Å². The molecule has 3 heterocycles. The second-order valence-corrected chi connectivity index (χ2v) is 7.43. The molecular weight excluding hydrogens is 352 g/mol. The second-order valence-electron chi connectivity index (χ2n) is 7.43. The summed E-state index contributed by atoms with van der Waals surface area (Å²) in [6.45, 7) is 8.80. The Labute approximate surface area is 165 Å². The lowest BCUT2D eigenvalue weighted by Gasteiger charge is -2.34. The van der Waals surface area contributed by atoms with Gasteiger partial charge in [-0.2, -0.15) is 5.10 Å². The largest absolute Gasteiger partial charge is 0.468 e. The van der Waals surface area contributed by atoms with Gasteiger partial charge in [-0.05, 0) is 49.7 Å². The minimum Gasteiger partial charge on any atom is -0.468 e. The Balaban J connectivity index is 1.33. The molecule has 0 radical (unpaired) electrons. The Kier molecular flexibility index (Phi) is 5.30. The lowest BCUT2D eigenvalue weighted by atomic mass is 10.1. The van der Waals surface area contributed by atoms with Crippen molar-refractivity contribution in [1.29, 1.82) is 0 Å². The van der Waals surface area contributed by atoms with E-state index in [0.29, 0.717) is 0 Å². The number of benzene rings is 1. The van der Waals surface area contributed by atoms with Crippen LogP contribution in [0.25, 0.3) is 0 Å². The highest BCUT2D eigenvalue weighted by Gasteiger charge is 2.22. The number of carbonyl (C=O) groups is 1. The molecule has 0 atom stereocenters. The fraction of sp³-hybridized carbons (Fsp3) is 0.364. The van der Waals surface area contributed by atoms with Gasteiger partial charge in [0.25, 0.3) is 5.91 Å². The number of hydrogen-bond acceptors (Lipinski definition) is 4. The molecule has 0 aliphatic carbocycles. The van der Waals surface area contributed by atoms with Gasteiger partial charge in [0.05, 0.1) is 25.0 Å². The van der Waals surface area contributed by atoms with Gasteiger partial charge in [-0.15, -0.1) is 0 Å². The molecule has 146 valence electrons. The fourth-order valence-electron chi connectivity index (χ4n) is 3.68. The van der Waals surface area contributed by atoms with Crippen LogP contribution in [0.2, 0.25) is 0 Å². The van der Waals surface area contributed by atoms with Gasteiger partial charge in [-0.25, -0.2) is 0 Å². The van der Waals surface area contributed by atoms with Crippen molar-refractivity contribution in [2.24, 2.45) is 0 Å². The van der Waals surface area contributed by atoms with Crippen LogP contribution in [0.3, 0.4) is 0 Å². The lowest BCUT2D eigenvalue weighted by Crippen LogP contribution is -2.48. The van der Waals surface area contributed by atoms with E-state index in [1.807, 2.05) is 52.9 Å². The van der Waals surface area contributed by atoms with E-state index in [-0.39, 0.29) is 5.91 Å². The van der Waals surface area contributed by atoms with Gasteiger partial charge in [-0.1, -0.05) is 12.1 Å². The maximum absolute atomic E-state index is 12.8. The second kappa shape index (κ2) is 8.02. The average Bonchev–Trinajstić information content (AvgIpc) is 3.32. The van der Waals surface area contributed by atoms with Crippen molar-refractivity contribution in [3.63, 3.8) is 0 Å². The van der Waals surface area contributed by atoms with E-state index in [1.54, 1.807) is 6.26 Å². The van der Waals surface area contributed by atoms with Gasteiger partial charge in [-0.3, -0.25) is 14.4 Å². The normalized spacial score (nSPS) is 15.1. The highest BCUT2D eigenvalue weighted by atomic mass is 16.3. The Bertz CT molecular complexity index is 920. The van der Waals surface area contributed by atoms with Crippen LogP contribution in [0, 0.1) is 13.8 Å². The van der Waals surface area contributed by atoms with Crippen molar-refractivity contribution in [3.05, 3.63) is 77.0 Å². The summed E-state index contributed by atoms with van der Waals surface area (Å²) < 4.78 is 7.40. The summed E-state index contributed by atoms with van der Waals surface area (Å²) in [5, 5.41) is 4.50. The molecule has 1 aliphatic heterocycles. The summed E-state index contributed by atoms with van der Waals surface area (Å²) in [5.41, 5.74) is 4.06. The maximum Gasteiger partial charge on any atom is 0.253 e. The van der Waals surface area contributed by atoms with E-state index in [9.17, 15) is 4.79 Å².